The van der Waals surface area contributed by atoms with Gasteiger partial charge in [-0.1, -0.05) is 30.3 Å². The van der Waals surface area contributed by atoms with Crippen LogP contribution in [0.4, 0.5) is 0 Å². The summed E-state index contributed by atoms with van der Waals surface area (Å²) in [7, 11) is -3.75. The average molecular weight is 433 g/mol. The van der Waals surface area contributed by atoms with Gasteiger partial charge in [0.2, 0.25) is 10.0 Å². The molecule has 0 bridgehead atoms. The Labute approximate surface area is 182 Å². The second-order valence-corrected chi connectivity index (χ2v) is 9.28. The number of nitrogens with one attached hydrogen (secondary N) is 1. The van der Waals surface area contributed by atoms with Crippen LogP contribution in [0, 0.1) is 27.7 Å². The van der Waals surface area contributed by atoms with Gasteiger partial charge < -0.3 is 0 Å². The fourth-order valence-electron chi connectivity index (χ4n) is 3.95. The van der Waals surface area contributed by atoms with E-state index in [1.54, 1.807) is 19.2 Å². The number of aromatic amines is 1. The number of nitrogens with two attached hydrogens (primary N) is 1. The molecule has 0 aliphatic carbocycles. The lowest BCUT2D eigenvalue weighted by molar-refractivity contribution is 0.597. The van der Waals surface area contributed by atoms with E-state index in [1.165, 1.54) is 0 Å². The number of primary sulfonamides is 1. The largest absolute Gasteiger partial charge is 0.282 e. The van der Waals surface area contributed by atoms with Gasteiger partial charge in [0, 0.05) is 29.2 Å². The van der Waals surface area contributed by atoms with Gasteiger partial charge in [0.1, 0.15) is 5.69 Å². The minimum absolute atomic E-state index is 0.164. The Morgan fingerprint density at radius 3 is 2.16 bits per heavy atom. The molecule has 7 heteroatoms. The van der Waals surface area contributed by atoms with Crippen molar-refractivity contribution in [2.75, 3.05) is 0 Å². The molecular formula is C24H24N4O2S. The predicted octanol–water partition coefficient (Wildman–Crippen LogP) is 4.69. The van der Waals surface area contributed by atoms with E-state index in [0.29, 0.717) is 5.56 Å². The van der Waals surface area contributed by atoms with Gasteiger partial charge in [-0.05, 0) is 73.2 Å². The van der Waals surface area contributed by atoms with Crippen LogP contribution in [-0.2, 0) is 10.0 Å². The van der Waals surface area contributed by atoms with Crippen LogP contribution in [0.25, 0.3) is 33.5 Å². The van der Waals surface area contributed by atoms with Gasteiger partial charge in [0.15, 0.2) is 0 Å². The fraction of sp³-hybridized carbons (Fsp3) is 0.167. The summed E-state index contributed by atoms with van der Waals surface area (Å²) in [4.78, 5) is 4.34. The molecule has 3 N–H and O–H groups in total. The van der Waals surface area contributed by atoms with Crippen LogP contribution < -0.4 is 5.14 Å². The molecule has 2 aromatic carbocycles. The molecule has 0 atom stereocenters. The summed E-state index contributed by atoms with van der Waals surface area (Å²) in [5.74, 6) is 0. The van der Waals surface area contributed by atoms with Gasteiger partial charge in [0.25, 0.3) is 0 Å². The van der Waals surface area contributed by atoms with E-state index in [4.69, 9.17) is 5.14 Å². The van der Waals surface area contributed by atoms with E-state index >= 15 is 0 Å². The zero-order valence-electron chi connectivity index (χ0n) is 17.9. The molecule has 0 aliphatic heterocycles. The van der Waals surface area contributed by atoms with Crippen molar-refractivity contribution in [1.82, 2.24) is 15.2 Å². The van der Waals surface area contributed by atoms with E-state index in [-0.39, 0.29) is 4.90 Å². The van der Waals surface area contributed by atoms with Crippen molar-refractivity contribution in [2.24, 2.45) is 5.14 Å². The van der Waals surface area contributed by atoms with Crippen LogP contribution in [-0.4, -0.2) is 23.6 Å². The molecule has 0 aliphatic rings. The third kappa shape index (κ3) is 3.78. The van der Waals surface area contributed by atoms with E-state index in [0.717, 1.165) is 50.3 Å². The van der Waals surface area contributed by atoms with Gasteiger partial charge in [-0.3, -0.25) is 10.1 Å². The first-order valence-corrected chi connectivity index (χ1v) is 11.4. The number of rotatable bonds is 4. The Hall–Kier alpha value is -3.29. The Morgan fingerprint density at radius 2 is 1.52 bits per heavy atom. The maximum atomic E-state index is 11.8. The molecule has 158 valence electrons. The topological polar surface area (TPSA) is 102 Å². The van der Waals surface area contributed by atoms with Gasteiger partial charge in [0.05, 0.1) is 4.90 Å². The first kappa shape index (κ1) is 21.0. The number of aryl methyl sites for hydroxylation is 2. The van der Waals surface area contributed by atoms with Crippen molar-refractivity contribution in [3.05, 3.63) is 77.2 Å². The zero-order valence-corrected chi connectivity index (χ0v) is 18.7. The summed E-state index contributed by atoms with van der Waals surface area (Å²) in [6.07, 6.45) is 3.61. The molecule has 0 fully saturated rings. The summed E-state index contributed by atoms with van der Waals surface area (Å²) in [5, 5.41) is 13.0. The molecule has 0 saturated heterocycles. The van der Waals surface area contributed by atoms with E-state index < -0.39 is 10.0 Å². The number of hydrogen-bond acceptors (Lipinski definition) is 4. The molecule has 0 unspecified atom stereocenters. The minimum atomic E-state index is -3.75. The Balaban J connectivity index is 1.77. The SMILES string of the molecule is Cc1cnccc1-c1n[nH]c(C)c1-c1ccc(-c2ccc(S(N)(=O)=O)c(C)c2C)cc1. The molecule has 0 radical (unpaired) electrons. The highest BCUT2D eigenvalue weighted by Gasteiger charge is 2.18. The monoisotopic (exact) mass is 432 g/mol. The second kappa shape index (κ2) is 7.76. The van der Waals surface area contributed by atoms with E-state index in [1.807, 2.05) is 51.2 Å². The Kier molecular flexibility index (Phi) is 5.24. The van der Waals surface area contributed by atoms with Crippen LogP contribution >= 0.6 is 0 Å². The third-order valence-corrected chi connectivity index (χ3v) is 6.81. The maximum Gasteiger partial charge on any atom is 0.238 e. The highest BCUT2D eigenvalue weighted by Crippen LogP contribution is 2.36. The number of sulfonamides is 1. The van der Waals surface area contributed by atoms with Gasteiger partial charge in [-0.15, -0.1) is 0 Å². The fourth-order valence-corrected chi connectivity index (χ4v) is 4.79. The molecule has 4 rings (SSSR count). The normalized spacial score (nSPS) is 11.6. The number of H-pyrrole nitrogens is 1. The number of aromatic nitrogens is 3. The molecule has 2 heterocycles. The van der Waals surface area contributed by atoms with Crippen LogP contribution in [0.2, 0.25) is 0 Å². The lowest BCUT2D eigenvalue weighted by Crippen LogP contribution is -2.14. The summed E-state index contributed by atoms with van der Waals surface area (Å²) < 4.78 is 23.6. The van der Waals surface area contributed by atoms with Crippen molar-refractivity contribution < 1.29 is 8.42 Å². The van der Waals surface area contributed by atoms with Crippen LogP contribution in [0.5, 0.6) is 0 Å². The average Bonchev–Trinajstić information content (AvgIpc) is 3.11. The number of pyridine rings is 1. The number of hydrogen-bond donors (Lipinski definition) is 2. The molecule has 0 saturated carbocycles. The highest BCUT2D eigenvalue weighted by molar-refractivity contribution is 7.89. The van der Waals surface area contributed by atoms with E-state index in [9.17, 15) is 8.42 Å². The molecule has 0 spiro atoms. The van der Waals surface area contributed by atoms with Crippen molar-refractivity contribution in [2.45, 2.75) is 32.6 Å². The van der Waals surface area contributed by atoms with Crippen molar-refractivity contribution in [3.8, 4) is 33.5 Å². The molecular weight excluding hydrogens is 408 g/mol. The number of benzene rings is 2. The third-order valence-electron chi connectivity index (χ3n) is 5.75. The summed E-state index contributed by atoms with van der Waals surface area (Å²) >= 11 is 0. The first-order valence-electron chi connectivity index (χ1n) is 9.88. The molecule has 31 heavy (non-hydrogen) atoms. The highest BCUT2D eigenvalue weighted by atomic mass is 32.2. The molecule has 4 aromatic rings. The van der Waals surface area contributed by atoms with Gasteiger partial charge in [-0.2, -0.15) is 5.10 Å². The van der Waals surface area contributed by atoms with Gasteiger partial charge in [-0.25, -0.2) is 13.6 Å². The first-order chi connectivity index (χ1) is 14.7. The van der Waals surface area contributed by atoms with Crippen molar-refractivity contribution in [1.29, 1.82) is 0 Å². The predicted molar refractivity (Wildman–Crippen MR) is 123 cm³/mol. The quantitative estimate of drug-likeness (QED) is 0.488. The maximum absolute atomic E-state index is 11.8. The van der Waals surface area contributed by atoms with Crippen LogP contribution in [0.1, 0.15) is 22.4 Å². The lowest BCUT2D eigenvalue weighted by atomic mass is 9.93. The Morgan fingerprint density at radius 1 is 0.839 bits per heavy atom. The lowest BCUT2D eigenvalue weighted by Gasteiger charge is -2.13. The van der Waals surface area contributed by atoms with Crippen molar-refractivity contribution in [3.63, 3.8) is 0 Å². The zero-order chi connectivity index (χ0) is 22.3. The minimum Gasteiger partial charge on any atom is -0.282 e. The molecule has 0 amide bonds. The standard InChI is InChI=1S/C24H24N4O2S/c1-14-13-26-12-11-20(14)24-23(17(4)27-28-24)19-7-5-18(6-8-19)21-9-10-22(31(25,29)30)16(3)15(21)2/h5-13H,1-4H3,(H,27,28)(H2,25,29,30). The van der Waals surface area contributed by atoms with E-state index in [2.05, 4.69) is 27.3 Å². The Bertz CT molecular complexity index is 1390. The van der Waals surface area contributed by atoms with Gasteiger partial charge >= 0.3 is 0 Å². The summed E-state index contributed by atoms with van der Waals surface area (Å²) in [5.41, 5.74) is 9.65. The number of nitrogens with zero attached hydrogens (tertiary/aromatic N) is 2. The molecule has 6 nitrogen and oxygen atoms in total. The smallest absolute Gasteiger partial charge is 0.238 e. The van der Waals surface area contributed by atoms with Crippen LogP contribution in [0.15, 0.2) is 59.8 Å². The van der Waals surface area contributed by atoms with Crippen molar-refractivity contribution >= 4 is 10.0 Å². The summed E-state index contributed by atoms with van der Waals surface area (Å²) in [6, 6.07) is 13.6. The molecule has 2 aromatic heterocycles. The van der Waals surface area contributed by atoms with Crippen LogP contribution in [0.3, 0.4) is 0 Å². The summed E-state index contributed by atoms with van der Waals surface area (Å²) in [6.45, 7) is 7.73. The second-order valence-electron chi connectivity index (χ2n) is 7.75.